The molecule has 2 aromatic heterocycles. The first-order valence-electron chi connectivity index (χ1n) is 6.37. The largest absolute Gasteiger partial charge is 0.354 e. The minimum absolute atomic E-state index is 0.397. The van der Waals surface area contributed by atoms with Crippen LogP contribution in [0.15, 0.2) is 36.9 Å². The summed E-state index contributed by atoms with van der Waals surface area (Å²) in [5.41, 5.74) is 0.811. The fraction of sp³-hybridized carbons (Fsp3) is 0.154. The van der Waals surface area contributed by atoms with Gasteiger partial charge in [0.2, 0.25) is 5.95 Å². The molecule has 0 fully saturated rings. The highest BCUT2D eigenvalue weighted by atomic mass is 35.5. The van der Waals surface area contributed by atoms with E-state index in [9.17, 15) is 0 Å². The van der Waals surface area contributed by atoms with Crippen LogP contribution >= 0.6 is 11.6 Å². The smallest absolute Gasteiger partial charge is 0.257 e. The molecule has 0 atom stereocenters. The molecule has 0 aliphatic carbocycles. The summed E-state index contributed by atoms with van der Waals surface area (Å²) >= 11 is 6.02. The molecule has 0 amide bonds. The van der Waals surface area contributed by atoms with Crippen molar-refractivity contribution in [2.45, 2.75) is 6.92 Å². The number of aromatic nitrogens is 6. The summed E-state index contributed by atoms with van der Waals surface area (Å²) in [5, 5.41) is 7.74. The SMILES string of the molecule is CCNc1nc(-c2cccc(Cl)c2)nc(-n2cncn2)n1. The van der Waals surface area contributed by atoms with Crippen LogP contribution in [0.3, 0.4) is 0 Å². The van der Waals surface area contributed by atoms with Gasteiger partial charge in [-0.1, -0.05) is 23.7 Å². The lowest BCUT2D eigenvalue weighted by atomic mass is 10.2. The van der Waals surface area contributed by atoms with E-state index in [4.69, 9.17) is 11.6 Å². The van der Waals surface area contributed by atoms with Crippen LogP contribution in [0.5, 0.6) is 0 Å². The summed E-state index contributed by atoms with van der Waals surface area (Å²) in [6.45, 7) is 2.67. The van der Waals surface area contributed by atoms with E-state index in [0.29, 0.717) is 29.3 Å². The Bertz CT molecular complexity index is 742. The van der Waals surface area contributed by atoms with Crippen molar-refractivity contribution in [1.29, 1.82) is 0 Å². The van der Waals surface area contributed by atoms with E-state index >= 15 is 0 Å². The molecule has 0 aliphatic rings. The maximum atomic E-state index is 6.02. The molecule has 0 radical (unpaired) electrons. The van der Waals surface area contributed by atoms with E-state index in [-0.39, 0.29) is 0 Å². The molecule has 8 heteroatoms. The fourth-order valence-electron chi connectivity index (χ4n) is 1.77. The Morgan fingerprint density at radius 2 is 2.14 bits per heavy atom. The highest BCUT2D eigenvalue weighted by Crippen LogP contribution is 2.20. The van der Waals surface area contributed by atoms with Crippen LogP contribution in [-0.4, -0.2) is 36.3 Å². The van der Waals surface area contributed by atoms with Gasteiger partial charge in [-0.25, -0.2) is 4.98 Å². The van der Waals surface area contributed by atoms with Gasteiger partial charge in [0.25, 0.3) is 5.95 Å². The van der Waals surface area contributed by atoms with Gasteiger partial charge in [0.1, 0.15) is 12.7 Å². The molecule has 1 N–H and O–H groups in total. The van der Waals surface area contributed by atoms with Gasteiger partial charge < -0.3 is 5.32 Å². The molecule has 3 aromatic rings. The van der Waals surface area contributed by atoms with Crippen molar-refractivity contribution in [3.8, 4) is 17.3 Å². The molecule has 0 spiro atoms. The molecule has 106 valence electrons. The summed E-state index contributed by atoms with van der Waals surface area (Å²) in [7, 11) is 0. The average Bonchev–Trinajstić information content (AvgIpc) is 3.01. The monoisotopic (exact) mass is 301 g/mol. The third-order valence-electron chi connectivity index (χ3n) is 2.66. The zero-order chi connectivity index (χ0) is 14.7. The van der Waals surface area contributed by atoms with Crippen molar-refractivity contribution in [2.75, 3.05) is 11.9 Å². The van der Waals surface area contributed by atoms with Crippen LogP contribution in [0.4, 0.5) is 5.95 Å². The first-order chi connectivity index (χ1) is 10.3. The lowest BCUT2D eigenvalue weighted by molar-refractivity contribution is 0.796. The predicted molar refractivity (Wildman–Crippen MR) is 79.4 cm³/mol. The summed E-state index contributed by atoms with van der Waals surface area (Å²) in [5.74, 6) is 1.40. The third kappa shape index (κ3) is 2.97. The van der Waals surface area contributed by atoms with Crippen molar-refractivity contribution in [3.63, 3.8) is 0 Å². The molecular weight excluding hydrogens is 290 g/mol. The molecule has 0 unspecified atom stereocenters. The number of halogens is 1. The van der Waals surface area contributed by atoms with Gasteiger partial charge in [-0.3, -0.25) is 0 Å². The van der Waals surface area contributed by atoms with E-state index in [2.05, 4.69) is 30.4 Å². The minimum atomic E-state index is 0.397. The second-order valence-corrected chi connectivity index (χ2v) is 4.60. The molecule has 3 rings (SSSR count). The van der Waals surface area contributed by atoms with Gasteiger partial charge in [0.05, 0.1) is 0 Å². The molecule has 7 nitrogen and oxygen atoms in total. The second-order valence-electron chi connectivity index (χ2n) is 4.16. The zero-order valence-corrected chi connectivity index (χ0v) is 12.0. The van der Waals surface area contributed by atoms with Crippen LogP contribution in [0.1, 0.15) is 6.92 Å². The number of hydrogen-bond donors (Lipinski definition) is 1. The molecule has 0 bridgehead atoms. The van der Waals surface area contributed by atoms with Gasteiger partial charge in [0.15, 0.2) is 5.82 Å². The Morgan fingerprint density at radius 1 is 1.24 bits per heavy atom. The Hall–Kier alpha value is -2.54. The van der Waals surface area contributed by atoms with Crippen molar-refractivity contribution in [2.24, 2.45) is 0 Å². The lowest BCUT2D eigenvalue weighted by Gasteiger charge is -2.07. The van der Waals surface area contributed by atoms with Crippen molar-refractivity contribution in [1.82, 2.24) is 29.7 Å². The number of nitrogens with one attached hydrogen (secondary N) is 1. The maximum Gasteiger partial charge on any atom is 0.257 e. The second kappa shape index (κ2) is 5.84. The van der Waals surface area contributed by atoms with Gasteiger partial charge in [0, 0.05) is 17.1 Å². The van der Waals surface area contributed by atoms with E-state index in [1.165, 1.54) is 17.3 Å². The van der Waals surface area contributed by atoms with Crippen LogP contribution in [0, 0.1) is 0 Å². The first-order valence-corrected chi connectivity index (χ1v) is 6.75. The maximum absolute atomic E-state index is 6.02. The molecule has 0 aliphatic heterocycles. The standard InChI is InChI=1S/C13H12ClN7/c1-2-16-12-18-11(9-4-3-5-10(14)6-9)19-13(20-12)21-8-15-7-17-21/h3-8H,2H2,1H3,(H,16,18,19,20). The quantitative estimate of drug-likeness (QED) is 0.795. The Balaban J connectivity index is 2.11. The Labute approximate surface area is 126 Å². The Kier molecular flexibility index (Phi) is 3.74. The van der Waals surface area contributed by atoms with E-state index < -0.39 is 0 Å². The molecular formula is C13H12ClN7. The van der Waals surface area contributed by atoms with Gasteiger partial charge in [-0.15, -0.1) is 0 Å². The van der Waals surface area contributed by atoms with Gasteiger partial charge in [-0.05, 0) is 19.1 Å². The number of nitrogens with zero attached hydrogens (tertiary/aromatic N) is 6. The van der Waals surface area contributed by atoms with E-state index in [1.807, 2.05) is 19.1 Å². The first kappa shape index (κ1) is 13.4. The van der Waals surface area contributed by atoms with Crippen LogP contribution in [0.25, 0.3) is 17.3 Å². The number of anilines is 1. The van der Waals surface area contributed by atoms with E-state index in [1.54, 1.807) is 12.1 Å². The molecule has 2 heterocycles. The summed E-state index contributed by atoms with van der Waals surface area (Å²) in [4.78, 5) is 17.0. The molecule has 0 saturated carbocycles. The molecule has 0 saturated heterocycles. The van der Waals surface area contributed by atoms with Crippen molar-refractivity contribution >= 4 is 17.5 Å². The fourth-order valence-corrected chi connectivity index (χ4v) is 1.96. The normalized spacial score (nSPS) is 10.6. The van der Waals surface area contributed by atoms with Crippen LogP contribution in [-0.2, 0) is 0 Å². The highest BCUT2D eigenvalue weighted by Gasteiger charge is 2.10. The van der Waals surface area contributed by atoms with Crippen LogP contribution < -0.4 is 5.32 Å². The summed E-state index contributed by atoms with van der Waals surface area (Å²) < 4.78 is 1.48. The van der Waals surface area contributed by atoms with Crippen molar-refractivity contribution in [3.05, 3.63) is 41.9 Å². The average molecular weight is 302 g/mol. The number of benzene rings is 1. The Morgan fingerprint density at radius 3 is 2.86 bits per heavy atom. The van der Waals surface area contributed by atoms with Gasteiger partial charge >= 0.3 is 0 Å². The van der Waals surface area contributed by atoms with Crippen LogP contribution in [0.2, 0.25) is 5.02 Å². The summed E-state index contributed by atoms with van der Waals surface area (Å²) in [6, 6.07) is 7.35. The van der Waals surface area contributed by atoms with Gasteiger partial charge in [-0.2, -0.15) is 24.7 Å². The van der Waals surface area contributed by atoms with Crippen molar-refractivity contribution < 1.29 is 0 Å². The number of hydrogen-bond acceptors (Lipinski definition) is 6. The van der Waals surface area contributed by atoms with E-state index in [0.717, 1.165) is 5.56 Å². The molecule has 1 aromatic carbocycles. The summed E-state index contributed by atoms with van der Waals surface area (Å²) in [6.07, 6.45) is 2.96. The highest BCUT2D eigenvalue weighted by molar-refractivity contribution is 6.30. The minimum Gasteiger partial charge on any atom is -0.354 e. The molecule has 21 heavy (non-hydrogen) atoms. The lowest BCUT2D eigenvalue weighted by Crippen LogP contribution is -2.10. The number of rotatable bonds is 4. The third-order valence-corrected chi connectivity index (χ3v) is 2.90. The topological polar surface area (TPSA) is 81.4 Å². The predicted octanol–water partition coefficient (Wildman–Crippen LogP) is 2.20. The zero-order valence-electron chi connectivity index (χ0n) is 11.2.